The van der Waals surface area contributed by atoms with Crippen molar-refractivity contribution in [3.63, 3.8) is 0 Å². The van der Waals surface area contributed by atoms with Crippen LogP contribution in [0.5, 0.6) is 0 Å². The predicted molar refractivity (Wildman–Crippen MR) is 72.7 cm³/mol. The van der Waals surface area contributed by atoms with Gasteiger partial charge in [0.2, 0.25) is 5.91 Å². The van der Waals surface area contributed by atoms with Gasteiger partial charge in [-0.25, -0.2) is 0 Å². The number of nitrogens with zero attached hydrogens (tertiary/aromatic N) is 2. The number of rotatable bonds is 4. The molecule has 2 rings (SSSR count). The van der Waals surface area contributed by atoms with Crippen molar-refractivity contribution in [2.75, 3.05) is 12.4 Å². The number of amides is 1. The van der Waals surface area contributed by atoms with Gasteiger partial charge in [-0.1, -0.05) is 0 Å². The van der Waals surface area contributed by atoms with Crippen LogP contribution in [0.4, 0.5) is 5.69 Å². The van der Waals surface area contributed by atoms with Gasteiger partial charge < -0.3 is 10.1 Å². The van der Waals surface area contributed by atoms with Crippen molar-refractivity contribution >= 4 is 11.6 Å². The van der Waals surface area contributed by atoms with Gasteiger partial charge in [0.15, 0.2) is 0 Å². The molecule has 1 aliphatic rings. The van der Waals surface area contributed by atoms with E-state index >= 15 is 0 Å². The lowest BCUT2D eigenvalue weighted by Crippen LogP contribution is -2.42. The van der Waals surface area contributed by atoms with Crippen molar-refractivity contribution in [2.45, 2.75) is 31.3 Å². The van der Waals surface area contributed by atoms with Gasteiger partial charge in [0.05, 0.1) is 23.1 Å². The molecular formula is C15H15N3O2. The highest BCUT2D eigenvalue weighted by molar-refractivity contribution is 5.91. The lowest BCUT2D eigenvalue weighted by molar-refractivity contribution is -0.129. The molecule has 0 atom stereocenters. The summed E-state index contributed by atoms with van der Waals surface area (Å²) in [5, 5.41) is 20.5. The van der Waals surface area contributed by atoms with Crippen LogP contribution < -0.4 is 5.32 Å². The van der Waals surface area contributed by atoms with Crippen LogP contribution in [0, 0.1) is 22.7 Å². The molecule has 0 radical (unpaired) electrons. The largest absolute Gasteiger partial charge is 0.378 e. The second-order valence-electron chi connectivity index (χ2n) is 4.95. The Morgan fingerprint density at radius 1 is 1.35 bits per heavy atom. The highest BCUT2D eigenvalue weighted by Crippen LogP contribution is 2.38. The SMILES string of the molecule is COC1(CC(=O)Nc2ccc(C#N)c(C#N)c2)CCC1. The molecule has 1 aliphatic carbocycles. The molecular weight excluding hydrogens is 254 g/mol. The second-order valence-corrected chi connectivity index (χ2v) is 4.95. The van der Waals surface area contributed by atoms with Gasteiger partial charge in [-0.2, -0.15) is 10.5 Å². The van der Waals surface area contributed by atoms with E-state index in [1.165, 1.54) is 12.1 Å². The van der Waals surface area contributed by atoms with Crippen LogP contribution in [-0.2, 0) is 9.53 Å². The quantitative estimate of drug-likeness (QED) is 0.908. The first-order chi connectivity index (χ1) is 9.62. The van der Waals surface area contributed by atoms with Crippen molar-refractivity contribution in [3.8, 4) is 12.1 Å². The van der Waals surface area contributed by atoms with Crippen LogP contribution in [0.2, 0.25) is 0 Å². The Bertz CT molecular complexity index is 601. The molecule has 0 unspecified atom stereocenters. The summed E-state index contributed by atoms with van der Waals surface area (Å²) in [4.78, 5) is 12.0. The van der Waals surface area contributed by atoms with Gasteiger partial charge in [-0.15, -0.1) is 0 Å². The van der Waals surface area contributed by atoms with E-state index in [2.05, 4.69) is 5.32 Å². The fourth-order valence-electron chi connectivity index (χ4n) is 2.33. The minimum atomic E-state index is -0.325. The summed E-state index contributed by atoms with van der Waals surface area (Å²) in [6, 6.07) is 8.55. The topological polar surface area (TPSA) is 85.9 Å². The summed E-state index contributed by atoms with van der Waals surface area (Å²) >= 11 is 0. The van der Waals surface area contributed by atoms with E-state index in [9.17, 15) is 4.79 Å². The summed E-state index contributed by atoms with van der Waals surface area (Å²) in [7, 11) is 1.63. The van der Waals surface area contributed by atoms with Crippen LogP contribution in [0.15, 0.2) is 18.2 Å². The standard InChI is InChI=1S/C15H15N3O2/c1-20-15(5-2-6-15)8-14(19)18-13-4-3-11(9-16)12(7-13)10-17/h3-4,7H,2,5-6,8H2,1H3,(H,18,19). The van der Waals surface area contributed by atoms with Crippen molar-refractivity contribution in [1.29, 1.82) is 10.5 Å². The molecule has 1 saturated carbocycles. The van der Waals surface area contributed by atoms with E-state index in [0.717, 1.165) is 19.3 Å². The van der Waals surface area contributed by atoms with Crippen molar-refractivity contribution in [1.82, 2.24) is 0 Å². The normalized spacial score (nSPS) is 15.6. The maximum absolute atomic E-state index is 12.0. The zero-order chi connectivity index (χ0) is 14.6. The first-order valence-corrected chi connectivity index (χ1v) is 6.42. The minimum absolute atomic E-state index is 0.139. The summed E-state index contributed by atoms with van der Waals surface area (Å²) < 4.78 is 5.41. The lowest BCUT2D eigenvalue weighted by atomic mass is 9.77. The molecule has 5 nitrogen and oxygen atoms in total. The molecule has 1 fully saturated rings. The molecule has 0 aromatic heterocycles. The number of hydrogen-bond donors (Lipinski definition) is 1. The molecule has 102 valence electrons. The van der Waals surface area contributed by atoms with E-state index in [1.807, 2.05) is 12.1 Å². The minimum Gasteiger partial charge on any atom is -0.378 e. The van der Waals surface area contributed by atoms with E-state index in [4.69, 9.17) is 15.3 Å². The molecule has 0 heterocycles. The molecule has 0 bridgehead atoms. The van der Waals surface area contributed by atoms with Gasteiger partial charge in [-0.3, -0.25) is 4.79 Å². The molecule has 1 amide bonds. The molecule has 0 aliphatic heterocycles. The van der Waals surface area contributed by atoms with Gasteiger partial charge in [0.25, 0.3) is 0 Å². The highest BCUT2D eigenvalue weighted by Gasteiger charge is 2.38. The van der Waals surface area contributed by atoms with Crippen LogP contribution in [0.1, 0.15) is 36.8 Å². The first kappa shape index (κ1) is 14.0. The zero-order valence-electron chi connectivity index (χ0n) is 11.3. The van der Waals surface area contributed by atoms with Crippen LogP contribution in [0.25, 0.3) is 0 Å². The Hall–Kier alpha value is -2.37. The molecule has 0 spiro atoms. The van der Waals surface area contributed by atoms with Gasteiger partial charge >= 0.3 is 0 Å². The molecule has 1 aromatic carbocycles. The maximum atomic E-state index is 12.0. The number of carbonyl (C=O) groups excluding carboxylic acids is 1. The van der Waals surface area contributed by atoms with E-state index in [0.29, 0.717) is 17.7 Å². The fourth-order valence-corrected chi connectivity index (χ4v) is 2.33. The Morgan fingerprint density at radius 2 is 2.05 bits per heavy atom. The number of ether oxygens (including phenoxy) is 1. The Balaban J connectivity index is 2.05. The number of benzene rings is 1. The number of hydrogen-bond acceptors (Lipinski definition) is 4. The third kappa shape index (κ3) is 2.79. The number of nitriles is 2. The first-order valence-electron chi connectivity index (χ1n) is 6.42. The summed E-state index contributed by atoms with van der Waals surface area (Å²) in [5.41, 5.74) is 0.763. The average Bonchev–Trinajstić information content (AvgIpc) is 2.42. The van der Waals surface area contributed by atoms with Crippen molar-refractivity contribution in [2.24, 2.45) is 0 Å². The van der Waals surface area contributed by atoms with Crippen LogP contribution in [0.3, 0.4) is 0 Å². The Labute approximate surface area is 117 Å². The van der Waals surface area contributed by atoms with Gasteiger partial charge in [0, 0.05) is 12.8 Å². The van der Waals surface area contributed by atoms with Gasteiger partial charge in [0.1, 0.15) is 12.1 Å². The van der Waals surface area contributed by atoms with E-state index in [1.54, 1.807) is 13.2 Å². The van der Waals surface area contributed by atoms with E-state index in [-0.39, 0.29) is 17.1 Å². The highest BCUT2D eigenvalue weighted by atomic mass is 16.5. The Kier molecular flexibility index (Phi) is 4.02. The molecule has 1 aromatic rings. The molecule has 20 heavy (non-hydrogen) atoms. The molecule has 5 heteroatoms. The second kappa shape index (κ2) is 5.73. The molecule has 0 saturated heterocycles. The lowest BCUT2D eigenvalue weighted by Gasteiger charge is -2.39. The third-order valence-corrected chi connectivity index (χ3v) is 3.72. The summed E-state index contributed by atoms with van der Waals surface area (Å²) in [6.45, 7) is 0. The number of nitrogens with one attached hydrogen (secondary N) is 1. The van der Waals surface area contributed by atoms with Crippen LogP contribution in [-0.4, -0.2) is 18.6 Å². The van der Waals surface area contributed by atoms with E-state index < -0.39 is 0 Å². The maximum Gasteiger partial charge on any atom is 0.227 e. The number of methoxy groups -OCH3 is 1. The Morgan fingerprint density at radius 3 is 2.55 bits per heavy atom. The fraction of sp³-hybridized carbons (Fsp3) is 0.400. The molecule has 1 N–H and O–H groups in total. The third-order valence-electron chi connectivity index (χ3n) is 3.72. The number of carbonyl (C=O) groups is 1. The zero-order valence-corrected chi connectivity index (χ0v) is 11.3. The average molecular weight is 269 g/mol. The van der Waals surface area contributed by atoms with Crippen molar-refractivity contribution < 1.29 is 9.53 Å². The smallest absolute Gasteiger partial charge is 0.227 e. The monoisotopic (exact) mass is 269 g/mol. The van der Waals surface area contributed by atoms with Crippen molar-refractivity contribution in [3.05, 3.63) is 29.3 Å². The van der Waals surface area contributed by atoms with Crippen LogP contribution >= 0.6 is 0 Å². The predicted octanol–water partition coefficient (Wildman–Crippen LogP) is 2.33. The summed E-state index contributed by atoms with van der Waals surface area (Å²) in [6.07, 6.45) is 3.18. The summed E-state index contributed by atoms with van der Waals surface area (Å²) in [5.74, 6) is -0.139. The number of anilines is 1. The van der Waals surface area contributed by atoms with Gasteiger partial charge in [-0.05, 0) is 37.5 Å².